The lowest BCUT2D eigenvalue weighted by Crippen LogP contribution is -1.95. The Kier molecular flexibility index (Phi) is 3.56. The molecule has 0 spiro atoms. The van der Waals surface area contributed by atoms with Crippen molar-refractivity contribution in [2.75, 3.05) is 6.54 Å². The molecule has 0 saturated heterocycles. The minimum absolute atomic E-state index is 0.0509. The summed E-state index contributed by atoms with van der Waals surface area (Å²) in [6, 6.07) is 8.64. The Bertz CT molecular complexity index is 654. The maximum Gasteiger partial charge on any atom is 0.157 e. The number of phenols is 1. The molecule has 18 heavy (non-hydrogen) atoms. The lowest BCUT2D eigenvalue weighted by Gasteiger charge is -2.02. The van der Waals surface area contributed by atoms with E-state index in [0.717, 1.165) is 10.9 Å². The van der Waals surface area contributed by atoms with Gasteiger partial charge >= 0.3 is 0 Å². The molecule has 0 unspecified atom stereocenters. The second kappa shape index (κ2) is 5.30. The summed E-state index contributed by atoms with van der Waals surface area (Å²) in [5.41, 5.74) is 6.18. The Balaban J connectivity index is 2.56. The quantitative estimate of drug-likeness (QED) is 0.625. The van der Waals surface area contributed by atoms with Crippen LogP contribution in [0.25, 0.3) is 10.8 Å². The van der Waals surface area contributed by atoms with Crippen LogP contribution in [0.4, 0.5) is 5.69 Å². The van der Waals surface area contributed by atoms with Gasteiger partial charge in [0.1, 0.15) is 5.75 Å². The van der Waals surface area contributed by atoms with Crippen LogP contribution in [0, 0.1) is 16.7 Å². The van der Waals surface area contributed by atoms with Crippen molar-refractivity contribution in [2.24, 2.45) is 10.9 Å². The molecular formula is C14H12N2O2. The topological polar surface area (TPSA) is 75.7 Å². The number of aromatic hydroxyl groups is 1. The molecule has 2 rings (SSSR count). The maximum absolute atomic E-state index is 10.8. The van der Waals surface area contributed by atoms with Gasteiger partial charge in [-0.3, -0.25) is 0 Å². The lowest BCUT2D eigenvalue weighted by atomic mass is 10.0. The summed E-state index contributed by atoms with van der Waals surface area (Å²) in [7, 11) is 0. The molecule has 0 bridgehead atoms. The highest BCUT2D eigenvalue weighted by Crippen LogP contribution is 2.35. The van der Waals surface area contributed by atoms with Crippen molar-refractivity contribution in [1.29, 1.82) is 0 Å². The first-order valence-electron chi connectivity index (χ1n) is 5.54. The van der Waals surface area contributed by atoms with E-state index in [0.29, 0.717) is 18.4 Å². The standard InChI is InChI=1S/C14H12N2O2/c15-8-2-1-3-10-4-5-11-6-7-13(17)14(16-18)12(11)9-10/h4-7,9,17H,2,8,15H2. The molecule has 0 aromatic heterocycles. The van der Waals surface area contributed by atoms with E-state index in [1.165, 1.54) is 6.07 Å². The number of nitrogens with two attached hydrogens (primary N) is 1. The highest BCUT2D eigenvalue weighted by molar-refractivity contribution is 5.96. The maximum atomic E-state index is 10.8. The number of rotatable bonds is 2. The number of fused-ring (bicyclic) bond motifs is 1. The first-order chi connectivity index (χ1) is 8.76. The molecule has 0 atom stereocenters. The minimum Gasteiger partial charge on any atom is -0.506 e. The van der Waals surface area contributed by atoms with Gasteiger partial charge in [0.15, 0.2) is 5.69 Å². The van der Waals surface area contributed by atoms with E-state index in [9.17, 15) is 10.0 Å². The van der Waals surface area contributed by atoms with E-state index >= 15 is 0 Å². The van der Waals surface area contributed by atoms with E-state index in [4.69, 9.17) is 5.73 Å². The van der Waals surface area contributed by atoms with E-state index in [1.807, 2.05) is 12.1 Å². The van der Waals surface area contributed by atoms with Crippen molar-refractivity contribution in [3.63, 3.8) is 0 Å². The Morgan fingerprint density at radius 1 is 1.28 bits per heavy atom. The molecule has 4 nitrogen and oxygen atoms in total. The second-order valence-electron chi connectivity index (χ2n) is 3.80. The van der Waals surface area contributed by atoms with Crippen molar-refractivity contribution in [3.05, 3.63) is 40.8 Å². The molecule has 0 radical (unpaired) electrons. The van der Waals surface area contributed by atoms with Crippen LogP contribution in [-0.2, 0) is 0 Å². The molecule has 0 saturated carbocycles. The summed E-state index contributed by atoms with van der Waals surface area (Å²) in [6.07, 6.45) is 0.622. The molecule has 0 heterocycles. The number of nitroso groups, excluding NO2 is 1. The van der Waals surface area contributed by atoms with Crippen LogP contribution in [0.3, 0.4) is 0 Å². The zero-order valence-electron chi connectivity index (χ0n) is 9.68. The third-order valence-electron chi connectivity index (χ3n) is 2.57. The normalized spacial score (nSPS) is 9.83. The minimum atomic E-state index is -0.121. The van der Waals surface area contributed by atoms with Crippen molar-refractivity contribution in [1.82, 2.24) is 0 Å². The Morgan fingerprint density at radius 3 is 2.78 bits per heavy atom. The number of hydrogen-bond acceptors (Lipinski definition) is 4. The average Bonchev–Trinajstić information content (AvgIpc) is 2.39. The molecule has 0 aliphatic rings. The molecule has 3 N–H and O–H groups in total. The van der Waals surface area contributed by atoms with E-state index < -0.39 is 0 Å². The molecule has 0 amide bonds. The molecular weight excluding hydrogens is 228 g/mol. The van der Waals surface area contributed by atoms with Crippen LogP contribution < -0.4 is 5.73 Å². The smallest absolute Gasteiger partial charge is 0.157 e. The number of nitrogens with zero attached hydrogens (tertiary/aromatic N) is 1. The first-order valence-corrected chi connectivity index (χ1v) is 5.54. The average molecular weight is 240 g/mol. The summed E-state index contributed by atoms with van der Waals surface area (Å²) in [5.74, 6) is 5.75. The fraction of sp³-hybridized carbons (Fsp3) is 0.143. The number of phenolic OH excluding ortho intramolecular Hbond substituents is 1. The molecule has 0 aliphatic heterocycles. The van der Waals surface area contributed by atoms with Crippen molar-refractivity contribution < 1.29 is 5.11 Å². The largest absolute Gasteiger partial charge is 0.506 e. The van der Waals surface area contributed by atoms with Crippen LogP contribution in [0.5, 0.6) is 5.75 Å². The zero-order chi connectivity index (χ0) is 13.0. The monoisotopic (exact) mass is 240 g/mol. The van der Waals surface area contributed by atoms with Gasteiger partial charge in [-0.15, -0.1) is 4.91 Å². The van der Waals surface area contributed by atoms with Crippen molar-refractivity contribution >= 4 is 16.5 Å². The molecule has 0 aliphatic carbocycles. The van der Waals surface area contributed by atoms with Gasteiger partial charge in [0.2, 0.25) is 0 Å². The number of hydrogen-bond donors (Lipinski definition) is 2. The molecule has 0 fully saturated rings. The third-order valence-corrected chi connectivity index (χ3v) is 2.57. The molecule has 4 heteroatoms. The van der Waals surface area contributed by atoms with E-state index in [-0.39, 0.29) is 11.4 Å². The third kappa shape index (κ3) is 2.31. The Labute approximate surface area is 104 Å². The Morgan fingerprint density at radius 2 is 2.06 bits per heavy atom. The van der Waals surface area contributed by atoms with Gasteiger partial charge in [-0.2, -0.15) is 0 Å². The van der Waals surface area contributed by atoms with Gasteiger partial charge in [-0.25, -0.2) is 0 Å². The fourth-order valence-electron chi connectivity index (χ4n) is 1.70. The predicted molar refractivity (Wildman–Crippen MR) is 71.6 cm³/mol. The lowest BCUT2D eigenvalue weighted by molar-refractivity contribution is 0.477. The summed E-state index contributed by atoms with van der Waals surface area (Å²) >= 11 is 0. The number of benzene rings is 2. The van der Waals surface area contributed by atoms with Crippen LogP contribution in [-0.4, -0.2) is 11.7 Å². The summed E-state index contributed by atoms with van der Waals surface area (Å²) in [5, 5.41) is 13.9. The molecule has 2 aromatic rings. The van der Waals surface area contributed by atoms with Crippen LogP contribution in [0.2, 0.25) is 0 Å². The first kappa shape index (κ1) is 12.1. The molecule has 90 valence electrons. The van der Waals surface area contributed by atoms with Gasteiger partial charge in [0.05, 0.1) is 0 Å². The van der Waals surface area contributed by atoms with Gasteiger partial charge in [0.25, 0.3) is 0 Å². The van der Waals surface area contributed by atoms with Gasteiger partial charge < -0.3 is 10.8 Å². The Hall–Kier alpha value is -2.38. The van der Waals surface area contributed by atoms with Gasteiger partial charge in [-0.1, -0.05) is 24.0 Å². The van der Waals surface area contributed by atoms with Crippen molar-refractivity contribution in [3.8, 4) is 17.6 Å². The summed E-state index contributed by atoms with van der Waals surface area (Å²) in [6.45, 7) is 0.516. The zero-order valence-corrected chi connectivity index (χ0v) is 9.68. The summed E-state index contributed by atoms with van der Waals surface area (Å²) < 4.78 is 0. The summed E-state index contributed by atoms with van der Waals surface area (Å²) in [4.78, 5) is 10.8. The predicted octanol–water partition coefficient (Wildman–Crippen LogP) is 2.64. The van der Waals surface area contributed by atoms with E-state index in [1.54, 1.807) is 12.1 Å². The van der Waals surface area contributed by atoms with Crippen molar-refractivity contribution in [2.45, 2.75) is 6.42 Å². The van der Waals surface area contributed by atoms with Crippen LogP contribution >= 0.6 is 0 Å². The molecule has 2 aromatic carbocycles. The van der Waals surface area contributed by atoms with Gasteiger partial charge in [0, 0.05) is 23.9 Å². The van der Waals surface area contributed by atoms with Gasteiger partial charge in [-0.05, 0) is 28.8 Å². The van der Waals surface area contributed by atoms with Crippen LogP contribution in [0.1, 0.15) is 12.0 Å². The van der Waals surface area contributed by atoms with Crippen LogP contribution in [0.15, 0.2) is 35.5 Å². The second-order valence-corrected chi connectivity index (χ2v) is 3.80. The highest BCUT2D eigenvalue weighted by atomic mass is 16.3. The highest BCUT2D eigenvalue weighted by Gasteiger charge is 2.07. The van der Waals surface area contributed by atoms with E-state index in [2.05, 4.69) is 17.0 Å². The fourth-order valence-corrected chi connectivity index (χ4v) is 1.70. The SMILES string of the molecule is NCCC#Cc1ccc2ccc(O)c(N=O)c2c1.